The van der Waals surface area contributed by atoms with E-state index in [-0.39, 0.29) is 27.4 Å². The number of sulfone groups is 1. The lowest BCUT2D eigenvalue weighted by atomic mass is 10.0. The number of rotatable bonds is 7. The highest BCUT2D eigenvalue weighted by Crippen LogP contribution is 2.28. The van der Waals surface area contributed by atoms with Gasteiger partial charge in [0, 0.05) is 22.4 Å². The predicted molar refractivity (Wildman–Crippen MR) is 150 cm³/mol. The van der Waals surface area contributed by atoms with Crippen molar-refractivity contribution in [1.29, 1.82) is 0 Å². The van der Waals surface area contributed by atoms with Gasteiger partial charge in [0.1, 0.15) is 0 Å². The van der Waals surface area contributed by atoms with Crippen LogP contribution in [0.4, 0.5) is 11.4 Å². The van der Waals surface area contributed by atoms with Gasteiger partial charge in [-0.1, -0.05) is 54.1 Å². The lowest BCUT2D eigenvalue weighted by molar-refractivity contribution is 0.0601. The summed E-state index contributed by atoms with van der Waals surface area (Å²) in [6.45, 7) is 0. The first-order chi connectivity index (χ1) is 18.6. The predicted octanol–water partition coefficient (Wildman–Crippen LogP) is 5.70. The van der Waals surface area contributed by atoms with Crippen molar-refractivity contribution >= 4 is 50.6 Å². The van der Waals surface area contributed by atoms with Crippen LogP contribution in [0.15, 0.2) is 95.9 Å². The van der Waals surface area contributed by atoms with Crippen molar-refractivity contribution in [2.45, 2.75) is 4.90 Å². The van der Waals surface area contributed by atoms with Crippen molar-refractivity contribution in [3.63, 3.8) is 0 Å². The number of nitrogens with one attached hydrogen (secondary N) is 2. The summed E-state index contributed by atoms with van der Waals surface area (Å²) in [5, 5.41) is 5.70. The highest BCUT2D eigenvalue weighted by molar-refractivity contribution is 7.90. The molecule has 2 N–H and O–H groups in total. The smallest absolute Gasteiger partial charge is 0.340 e. The molecule has 4 rings (SSSR count). The number of esters is 1. The number of para-hydroxylation sites is 1. The molecule has 0 saturated heterocycles. The fraction of sp³-hybridized carbons (Fsp3) is 0.0690. The summed E-state index contributed by atoms with van der Waals surface area (Å²) < 4.78 is 29.1. The average molecular weight is 563 g/mol. The van der Waals surface area contributed by atoms with Crippen LogP contribution in [0, 0.1) is 0 Å². The molecule has 0 aliphatic carbocycles. The molecule has 2 amide bonds. The minimum Gasteiger partial charge on any atom is -0.465 e. The summed E-state index contributed by atoms with van der Waals surface area (Å²) >= 11 is 5.99. The Morgan fingerprint density at radius 3 is 2.05 bits per heavy atom. The lowest BCUT2D eigenvalue weighted by Gasteiger charge is -2.14. The maximum Gasteiger partial charge on any atom is 0.340 e. The first-order valence-electron chi connectivity index (χ1n) is 11.6. The van der Waals surface area contributed by atoms with Gasteiger partial charge in [0.25, 0.3) is 11.8 Å². The Kier molecular flexibility index (Phi) is 8.13. The summed E-state index contributed by atoms with van der Waals surface area (Å²) in [6, 6.07) is 23.9. The zero-order valence-electron chi connectivity index (χ0n) is 20.9. The molecule has 0 fully saturated rings. The van der Waals surface area contributed by atoms with Gasteiger partial charge < -0.3 is 15.4 Å². The molecule has 10 heteroatoms. The van der Waals surface area contributed by atoms with E-state index in [9.17, 15) is 22.8 Å². The van der Waals surface area contributed by atoms with Crippen LogP contribution in [-0.2, 0) is 14.6 Å². The molecule has 0 saturated carbocycles. The summed E-state index contributed by atoms with van der Waals surface area (Å²) in [7, 11) is -2.23. The molecule has 4 aromatic rings. The summed E-state index contributed by atoms with van der Waals surface area (Å²) in [5.74, 6) is -1.71. The van der Waals surface area contributed by atoms with Crippen LogP contribution in [-0.4, -0.2) is 39.6 Å². The second-order valence-corrected chi connectivity index (χ2v) is 10.9. The van der Waals surface area contributed by atoms with E-state index < -0.39 is 27.6 Å². The summed E-state index contributed by atoms with van der Waals surface area (Å²) in [5.41, 5.74) is 2.16. The van der Waals surface area contributed by atoms with Gasteiger partial charge >= 0.3 is 5.97 Å². The van der Waals surface area contributed by atoms with Gasteiger partial charge in [-0.05, 0) is 54.1 Å². The van der Waals surface area contributed by atoms with Gasteiger partial charge in [-0.15, -0.1) is 0 Å². The zero-order valence-corrected chi connectivity index (χ0v) is 22.5. The van der Waals surface area contributed by atoms with Gasteiger partial charge in [0.05, 0.1) is 34.5 Å². The Hall–Kier alpha value is -4.47. The Bertz CT molecular complexity index is 1680. The van der Waals surface area contributed by atoms with Crippen molar-refractivity contribution in [3.05, 3.63) is 113 Å². The van der Waals surface area contributed by atoms with Crippen molar-refractivity contribution in [1.82, 2.24) is 0 Å². The molecular formula is C29H23ClN2O6S. The van der Waals surface area contributed by atoms with Gasteiger partial charge in [0.2, 0.25) is 0 Å². The number of ether oxygens (including phenoxy) is 1. The fourth-order valence-corrected chi connectivity index (χ4v) is 4.99. The standard InChI is InChI=1S/C29H23ClN2O6S/c1-38-29(35)23-17-20(30)15-16-25(23)32-28(34)22-8-3-5-9-24(22)31-27(33)19-13-11-18(12-14-19)21-7-4-6-10-26(21)39(2,36)37/h3-17H,1-2H3,(H,31,33)(H,32,34). The second-order valence-electron chi connectivity index (χ2n) is 8.48. The van der Waals surface area contributed by atoms with Crippen molar-refractivity contribution in [3.8, 4) is 11.1 Å². The molecule has 0 heterocycles. The van der Waals surface area contributed by atoms with Crippen molar-refractivity contribution < 1.29 is 27.5 Å². The molecule has 4 aromatic carbocycles. The van der Waals surface area contributed by atoms with Crippen LogP contribution < -0.4 is 10.6 Å². The molecule has 8 nitrogen and oxygen atoms in total. The van der Waals surface area contributed by atoms with E-state index in [1.165, 1.54) is 37.4 Å². The van der Waals surface area contributed by atoms with E-state index in [2.05, 4.69) is 10.6 Å². The van der Waals surface area contributed by atoms with Crippen molar-refractivity contribution in [2.24, 2.45) is 0 Å². The quantitative estimate of drug-likeness (QED) is 0.279. The number of anilines is 2. The largest absolute Gasteiger partial charge is 0.465 e. The summed E-state index contributed by atoms with van der Waals surface area (Å²) in [4.78, 5) is 38.5. The normalized spacial score (nSPS) is 10.9. The molecule has 198 valence electrons. The lowest BCUT2D eigenvalue weighted by Crippen LogP contribution is -2.19. The number of benzene rings is 4. The first-order valence-corrected chi connectivity index (χ1v) is 13.8. The third-order valence-electron chi connectivity index (χ3n) is 5.80. The van der Waals surface area contributed by atoms with Crippen LogP contribution in [0.5, 0.6) is 0 Å². The fourth-order valence-electron chi connectivity index (χ4n) is 3.91. The molecule has 0 aromatic heterocycles. The maximum absolute atomic E-state index is 13.1. The van der Waals surface area contributed by atoms with Gasteiger partial charge in [0.15, 0.2) is 9.84 Å². The topological polar surface area (TPSA) is 119 Å². The summed E-state index contributed by atoms with van der Waals surface area (Å²) in [6.07, 6.45) is 1.14. The highest BCUT2D eigenvalue weighted by atomic mass is 35.5. The van der Waals surface area contributed by atoms with E-state index in [4.69, 9.17) is 16.3 Å². The Labute approximate surface area is 230 Å². The van der Waals surface area contributed by atoms with Gasteiger partial charge in [-0.2, -0.15) is 0 Å². The molecule has 0 bridgehead atoms. The van der Waals surface area contributed by atoms with E-state index in [1.54, 1.807) is 60.7 Å². The highest BCUT2D eigenvalue weighted by Gasteiger charge is 2.19. The molecule has 0 atom stereocenters. The Balaban J connectivity index is 1.56. The van der Waals surface area contributed by atoms with Crippen LogP contribution in [0.25, 0.3) is 11.1 Å². The number of amides is 2. The maximum atomic E-state index is 13.1. The first kappa shape index (κ1) is 27.6. The monoisotopic (exact) mass is 562 g/mol. The Morgan fingerprint density at radius 2 is 1.36 bits per heavy atom. The van der Waals surface area contributed by atoms with E-state index in [0.717, 1.165) is 6.26 Å². The number of carbonyl (C=O) groups excluding carboxylic acids is 3. The van der Waals surface area contributed by atoms with E-state index in [0.29, 0.717) is 21.7 Å². The van der Waals surface area contributed by atoms with Crippen LogP contribution >= 0.6 is 11.6 Å². The zero-order chi connectivity index (χ0) is 28.2. The minimum absolute atomic E-state index is 0.0809. The Morgan fingerprint density at radius 1 is 0.744 bits per heavy atom. The van der Waals surface area contributed by atoms with Gasteiger partial charge in [-0.25, -0.2) is 13.2 Å². The number of halogens is 1. The SMILES string of the molecule is COC(=O)c1cc(Cl)ccc1NC(=O)c1ccccc1NC(=O)c1ccc(-c2ccccc2S(C)(=O)=O)cc1. The minimum atomic E-state index is -3.45. The van der Waals surface area contributed by atoms with E-state index in [1.807, 2.05) is 0 Å². The van der Waals surface area contributed by atoms with Crippen LogP contribution in [0.2, 0.25) is 5.02 Å². The molecule has 0 unspecified atom stereocenters. The molecule has 0 aliphatic heterocycles. The molecule has 0 radical (unpaired) electrons. The van der Waals surface area contributed by atoms with E-state index >= 15 is 0 Å². The third-order valence-corrected chi connectivity index (χ3v) is 7.19. The molecule has 39 heavy (non-hydrogen) atoms. The van der Waals surface area contributed by atoms with Crippen molar-refractivity contribution in [2.75, 3.05) is 24.0 Å². The third kappa shape index (κ3) is 6.34. The number of hydrogen-bond donors (Lipinski definition) is 2. The van der Waals surface area contributed by atoms with Crippen LogP contribution in [0.3, 0.4) is 0 Å². The van der Waals surface area contributed by atoms with Crippen LogP contribution in [0.1, 0.15) is 31.1 Å². The second kappa shape index (κ2) is 11.5. The average Bonchev–Trinajstić information content (AvgIpc) is 2.93. The molecule has 0 spiro atoms. The number of carbonyl (C=O) groups is 3. The number of hydrogen-bond acceptors (Lipinski definition) is 6. The van der Waals surface area contributed by atoms with Gasteiger partial charge in [-0.3, -0.25) is 9.59 Å². The molecular weight excluding hydrogens is 540 g/mol. The number of methoxy groups -OCH3 is 1. The molecule has 0 aliphatic rings.